The molecule has 0 radical (unpaired) electrons. The molecule has 0 aliphatic heterocycles. The molecule has 0 heterocycles. The second-order valence-corrected chi connectivity index (χ2v) is 11.6. The van der Waals surface area contributed by atoms with Crippen LogP contribution < -0.4 is 5.19 Å². The Labute approximate surface area is 130 Å². The molecule has 0 unspecified atom stereocenters. The smallest absolute Gasteiger partial charge is 0.0897 e. The zero-order chi connectivity index (χ0) is 15.5. The van der Waals surface area contributed by atoms with Crippen molar-refractivity contribution >= 4 is 19.3 Å². The van der Waals surface area contributed by atoms with Gasteiger partial charge in [-0.05, 0) is 16.5 Å². The van der Waals surface area contributed by atoms with E-state index >= 15 is 0 Å². The molecule has 0 aliphatic carbocycles. The van der Waals surface area contributed by atoms with Gasteiger partial charge in [-0.15, -0.1) is 0 Å². The molecular formula is C20H26Si. The Balaban J connectivity index is 2.18. The van der Waals surface area contributed by atoms with Gasteiger partial charge in [-0.25, -0.2) is 0 Å². The van der Waals surface area contributed by atoms with E-state index in [1.807, 2.05) is 0 Å². The van der Waals surface area contributed by atoms with Crippen molar-refractivity contribution in [3.05, 3.63) is 71.4 Å². The van der Waals surface area contributed by atoms with E-state index in [1.165, 1.54) is 16.3 Å². The fourth-order valence-corrected chi connectivity index (χ4v) is 4.22. The SMILES string of the molecule is CC(C)(C)c1ccc(/C=C/[Si](C)(C)c2ccccc2)cc1. The molecule has 1 heteroatoms. The summed E-state index contributed by atoms with van der Waals surface area (Å²) < 4.78 is 0. The Hall–Kier alpha value is -1.60. The molecule has 2 aromatic carbocycles. The highest BCUT2D eigenvalue weighted by molar-refractivity contribution is 6.94. The fourth-order valence-electron chi connectivity index (χ4n) is 2.36. The molecule has 0 saturated heterocycles. The summed E-state index contributed by atoms with van der Waals surface area (Å²) in [5, 5.41) is 1.48. The van der Waals surface area contributed by atoms with Crippen LogP contribution in [0, 0.1) is 0 Å². The highest BCUT2D eigenvalue weighted by Crippen LogP contribution is 2.22. The third-order valence-corrected chi connectivity index (χ3v) is 6.81. The lowest BCUT2D eigenvalue weighted by Crippen LogP contribution is -2.39. The minimum atomic E-state index is -1.49. The van der Waals surface area contributed by atoms with Crippen LogP contribution in [0.1, 0.15) is 31.9 Å². The van der Waals surface area contributed by atoms with Crippen molar-refractivity contribution in [2.24, 2.45) is 0 Å². The van der Waals surface area contributed by atoms with Crippen molar-refractivity contribution in [3.8, 4) is 0 Å². The standard InChI is InChI=1S/C20H26Si/c1-20(2,3)18-13-11-17(12-14-18)15-16-21(4,5)19-9-7-6-8-10-19/h6-16H,1-5H3/b16-15+. The average Bonchev–Trinajstić information content (AvgIpc) is 2.46. The van der Waals surface area contributed by atoms with Crippen LogP contribution in [0.5, 0.6) is 0 Å². The van der Waals surface area contributed by atoms with E-state index in [-0.39, 0.29) is 5.41 Å². The van der Waals surface area contributed by atoms with Gasteiger partial charge in [-0.3, -0.25) is 0 Å². The lowest BCUT2D eigenvalue weighted by Gasteiger charge is -2.19. The second kappa shape index (κ2) is 6.03. The summed E-state index contributed by atoms with van der Waals surface area (Å²) >= 11 is 0. The van der Waals surface area contributed by atoms with E-state index < -0.39 is 8.07 Å². The molecule has 110 valence electrons. The molecule has 0 fully saturated rings. The van der Waals surface area contributed by atoms with Crippen LogP contribution in [-0.4, -0.2) is 8.07 Å². The number of hydrogen-bond donors (Lipinski definition) is 0. The van der Waals surface area contributed by atoms with Gasteiger partial charge in [0.15, 0.2) is 0 Å². The van der Waals surface area contributed by atoms with Crippen LogP contribution in [0.4, 0.5) is 0 Å². The molecule has 0 atom stereocenters. The van der Waals surface area contributed by atoms with Crippen LogP contribution >= 0.6 is 0 Å². The molecule has 0 amide bonds. The van der Waals surface area contributed by atoms with Crippen molar-refractivity contribution in [2.45, 2.75) is 39.3 Å². The summed E-state index contributed by atoms with van der Waals surface area (Å²) in [6, 6.07) is 19.8. The Morgan fingerprint density at radius 2 is 1.38 bits per heavy atom. The first-order valence-corrected chi connectivity index (χ1v) is 10.7. The van der Waals surface area contributed by atoms with Crippen LogP contribution in [0.3, 0.4) is 0 Å². The summed E-state index contributed by atoms with van der Waals surface area (Å²) in [5.41, 5.74) is 5.33. The van der Waals surface area contributed by atoms with Crippen LogP contribution in [-0.2, 0) is 5.41 Å². The van der Waals surface area contributed by atoms with Gasteiger partial charge in [0, 0.05) is 0 Å². The summed E-state index contributed by atoms with van der Waals surface area (Å²) in [6.07, 6.45) is 2.28. The number of hydrogen-bond acceptors (Lipinski definition) is 0. The minimum absolute atomic E-state index is 0.223. The lowest BCUT2D eigenvalue weighted by molar-refractivity contribution is 0.590. The van der Waals surface area contributed by atoms with Gasteiger partial charge in [0.1, 0.15) is 8.07 Å². The summed E-state index contributed by atoms with van der Waals surface area (Å²) in [7, 11) is -1.49. The molecule has 0 N–H and O–H groups in total. The van der Waals surface area contributed by atoms with Crippen LogP contribution in [0.25, 0.3) is 6.08 Å². The zero-order valence-electron chi connectivity index (χ0n) is 13.9. The summed E-state index contributed by atoms with van der Waals surface area (Å²) in [5.74, 6) is 0. The molecule has 0 aromatic heterocycles. The van der Waals surface area contributed by atoms with E-state index in [4.69, 9.17) is 0 Å². The molecular weight excluding hydrogens is 268 g/mol. The Bertz CT molecular complexity index is 599. The molecule has 2 rings (SSSR count). The van der Waals surface area contributed by atoms with Gasteiger partial charge in [0.2, 0.25) is 0 Å². The second-order valence-electron chi connectivity index (χ2n) is 7.29. The molecule has 0 saturated carbocycles. The van der Waals surface area contributed by atoms with Crippen molar-refractivity contribution in [1.82, 2.24) is 0 Å². The highest BCUT2D eigenvalue weighted by Gasteiger charge is 2.19. The Kier molecular flexibility index (Phi) is 4.53. The third kappa shape index (κ3) is 4.18. The quantitative estimate of drug-likeness (QED) is 0.687. The van der Waals surface area contributed by atoms with Gasteiger partial charge in [-0.1, -0.05) is 105 Å². The Morgan fingerprint density at radius 3 is 1.90 bits per heavy atom. The first-order chi connectivity index (χ1) is 9.79. The van der Waals surface area contributed by atoms with E-state index in [9.17, 15) is 0 Å². The number of benzene rings is 2. The Morgan fingerprint density at radius 1 is 0.810 bits per heavy atom. The minimum Gasteiger partial charge on any atom is -0.0897 e. The maximum atomic E-state index is 2.43. The van der Waals surface area contributed by atoms with E-state index in [0.29, 0.717) is 0 Å². The third-order valence-electron chi connectivity index (χ3n) is 3.99. The van der Waals surface area contributed by atoms with Gasteiger partial charge >= 0.3 is 0 Å². The summed E-state index contributed by atoms with van der Waals surface area (Å²) in [6.45, 7) is 11.5. The maximum Gasteiger partial charge on any atom is 0.104 e. The van der Waals surface area contributed by atoms with Crippen molar-refractivity contribution in [3.63, 3.8) is 0 Å². The molecule has 0 nitrogen and oxygen atoms in total. The molecule has 2 aromatic rings. The normalized spacial score (nSPS) is 12.8. The monoisotopic (exact) mass is 294 g/mol. The van der Waals surface area contributed by atoms with Gasteiger partial charge in [0.05, 0.1) is 0 Å². The molecule has 0 aliphatic rings. The molecule has 21 heavy (non-hydrogen) atoms. The molecule has 0 bridgehead atoms. The topological polar surface area (TPSA) is 0 Å². The predicted octanol–water partition coefficient (Wildman–Crippen LogP) is 5.15. The first-order valence-electron chi connectivity index (χ1n) is 7.64. The van der Waals surface area contributed by atoms with E-state index in [0.717, 1.165) is 0 Å². The largest absolute Gasteiger partial charge is 0.104 e. The van der Waals surface area contributed by atoms with E-state index in [2.05, 4.69) is 100 Å². The number of rotatable bonds is 3. The van der Waals surface area contributed by atoms with Crippen LogP contribution in [0.2, 0.25) is 13.1 Å². The van der Waals surface area contributed by atoms with Crippen LogP contribution in [0.15, 0.2) is 60.3 Å². The maximum absolute atomic E-state index is 2.43. The highest BCUT2D eigenvalue weighted by atomic mass is 28.3. The van der Waals surface area contributed by atoms with Crippen molar-refractivity contribution in [2.75, 3.05) is 0 Å². The van der Waals surface area contributed by atoms with Gasteiger partial charge in [0.25, 0.3) is 0 Å². The molecule has 0 spiro atoms. The van der Waals surface area contributed by atoms with Crippen molar-refractivity contribution < 1.29 is 0 Å². The van der Waals surface area contributed by atoms with Gasteiger partial charge in [-0.2, -0.15) is 0 Å². The zero-order valence-corrected chi connectivity index (χ0v) is 14.9. The van der Waals surface area contributed by atoms with E-state index in [1.54, 1.807) is 0 Å². The van der Waals surface area contributed by atoms with Gasteiger partial charge < -0.3 is 0 Å². The summed E-state index contributed by atoms with van der Waals surface area (Å²) in [4.78, 5) is 0. The fraction of sp³-hybridized carbons (Fsp3) is 0.300. The van der Waals surface area contributed by atoms with Crippen molar-refractivity contribution in [1.29, 1.82) is 0 Å². The lowest BCUT2D eigenvalue weighted by atomic mass is 9.87. The predicted molar refractivity (Wildman–Crippen MR) is 97.7 cm³/mol. The average molecular weight is 295 g/mol. The first kappa shape index (κ1) is 15.8.